The standard InChI is InChI=1S/C7H13NO4/c1-5(8)3-2-4-6(9)12-7(10)11/h5H,2-4,8H2,1H3,(H,10,11). The van der Waals surface area contributed by atoms with Crippen molar-refractivity contribution in [3.8, 4) is 0 Å². The fourth-order valence-electron chi connectivity index (χ4n) is 0.717. The second-order valence-corrected chi connectivity index (χ2v) is 2.61. The number of hydrogen-bond acceptors (Lipinski definition) is 4. The van der Waals surface area contributed by atoms with Crippen LogP contribution in [0.5, 0.6) is 0 Å². The van der Waals surface area contributed by atoms with Crippen molar-refractivity contribution >= 4 is 12.1 Å². The molecule has 0 aliphatic heterocycles. The van der Waals surface area contributed by atoms with Crippen LogP contribution in [0.2, 0.25) is 0 Å². The van der Waals surface area contributed by atoms with Crippen LogP contribution < -0.4 is 5.73 Å². The summed E-state index contributed by atoms with van der Waals surface area (Å²) in [6.07, 6.45) is -0.201. The molecule has 0 bridgehead atoms. The van der Waals surface area contributed by atoms with E-state index < -0.39 is 12.1 Å². The molecule has 0 amide bonds. The van der Waals surface area contributed by atoms with Gasteiger partial charge < -0.3 is 15.6 Å². The highest BCUT2D eigenvalue weighted by atomic mass is 16.7. The van der Waals surface area contributed by atoms with Crippen LogP contribution in [-0.2, 0) is 9.53 Å². The minimum Gasteiger partial charge on any atom is -0.449 e. The Morgan fingerprint density at radius 3 is 2.58 bits per heavy atom. The molecule has 5 heteroatoms. The molecule has 0 fully saturated rings. The largest absolute Gasteiger partial charge is 0.513 e. The highest BCUT2D eigenvalue weighted by Crippen LogP contribution is 1.99. The number of esters is 1. The van der Waals surface area contributed by atoms with Crippen molar-refractivity contribution in [2.45, 2.75) is 32.2 Å². The summed E-state index contributed by atoms with van der Waals surface area (Å²) in [6.45, 7) is 1.82. The molecule has 0 aliphatic carbocycles. The lowest BCUT2D eigenvalue weighted by Gasteiger charge is -2.02. The van der Waals surface area contributed by atoms with Crippen LogP contribution in [0.3, 0.4) is 0 Å². The van der Waals surface area contributed by atoms with Gasteiger partial charge in [-0.25, -0.2) is 4.79 Å². The summed E-state index contributed by atoms with van der Waals surface area (Å²) in [5, 5.41) is 8.02. The zero-order valence-corrected chi connectivity index (χ0v) is 6.95. The maximum atomic E-state index is 10.6. The van der Waals surface area contributed by atoms with Gasteiger partial charge in [0.15, 0.2) is 0 Å². The molecule has 0 radical (unpaired) electrons. The number of nitrogens with two attached hydrogens (primary N) is 1. The van der Waals surface area contributed by atoms with E-state index in [9.17, 15) is 9.59 Å². The lowest BCUT2D eigenvalue weighted by atomic mass is 10.1. The van der Waals surface area contributed by atoms with Crippen molar-refractivity contribution < 1.29 is 19.4 Å². The Bertz CT molecular complexity index is 167. The van der Waals surface area contributed by atoms with E-state index in [1.807, 2.05) is 6.92 Å². The van der Waals surface area contributed by atoms with E-state index >= 15 is 0 Å². The SMILES string of the molecule is CC(N)CCCC(=O)OC(=O)O. The average Bonchev–Trinajstić information content (AvgIpc) is 1.84. The molecule has 0 rings (SSSR count). The number of rotatable bonds is 4. The van der Waals surface area contributed by atoms with Crippen LogP contribution in [0.25, 0.3) is 0 Å². The number of carbonyl (C=O) groups is 2. The van der Waals surface area contributed by atoms with Crippen molar-refractivity contribution in [2.24, 2.45) is 5.73 Å². The summed E-state index contributed by atoms with van der Waals surface area (Å²) >= 11 is 0. The Hall–Kier alpha value is -1.10. The fourth-order valence-corrected chi connectivity index (χ4v) is 0.717. The first kappa shape index (κ1) is 10.9. The molecule has 0 aliphatic rings. The molecule has 1 atom stereocenters. The zero-order chi connectivity index (χ0) is 9.56. The van der Waals surface area contributed by atoms with Crippen molar-refractivity contribution in [3.05, 3.63) is 0 Å². The highest BCUT2D eigenvalue weighted by molar-refractivity contribution is 5.80. The van der Waals surface area contributed by atoms with Gasteiger partial charge in [-0.05, 0) is 19.8 Å². The van der Waals surface area contributed by atoms with Gasteiger partial charge in [0.25, 0.3) is 0 Å². The topological polar surface area (TPSA) is 89.6 Å². The van der Waals surface area contributed by atoms with Crippen LogP contribution in [0.1, 0.15) is 26.2 Å². The summed E-state index contributed by atoms with van der Waals surface area (Å²) < 4.78 is 3.87. The van der Waals surface area contributed by atoms with E-state index in [0.717, 1.165) is 0 Å². The third-order valence-electron chi connectivity index (χ3n) is 1.24. The number of carbonyl (C=O) groups excluding carboxylic acids is 1. The van der Waals surface area contributed by atoms with Crippen LogP contribution in [0, 0.1) is 0 Å². The van der Waals surface area contributed by atoms with Crippen molar-refractivity contribution in [3.63, 3.8) is 0 Å². The molecule has 12 heavy (non-hydrogen) atoms. The minimum absolute atomic E-state index is 0.0302. The summed E-state index contributed by atoms with van der Waals surface area (Å²) in [4.78, 5) is 20.4. The van der Waals surface area contributed by atoms with Crippen molar-refractivity contribution in [1.29, 1.82) is 0 Å². The average molecular weight is 175 g/mol. The molecule has 0 heterocycles. The number of carboxylic acid groups (broad SMARTS) is 1. The monoisotopic (exact) mass is 175 g/mol. The van der Waals surface area contributed by atoms with Gasteiger partial charge in [-0.2, -0.15) is 0 Å². The third kappa shape index (κ3) is 7.01. The predicted octanol–water partition coefficient (Wildman–Crippen LogP) is 0.725. The lowest BCUT2D eigenvalue weighted by Crippen LogP contribution is -2.16. The normalized spacial score (nSPS) is 12.2. The summed E-state index contributed by atoms with van der Waals surface area (Å²) in [5.41, 5.74) is 5.41. The predicted molar refractivity (Wildman–Crippen MR) is 41.6 cm³/mol. The first-order valence-electron chi connectivity index (χ1n) is 3.71. The molecule has 70 valence electrons. The molecule has 0 spiro atoms. The lowest BCUT2D eigenvalue weighted by molar-refractivity contribution is -0.139. The van der Waals surface area contributed by atoms with Crippen LogP contribution in [0.4, 0.5) is 4.79 Å². The number of ether oxygens (including phenoxy) is 1. The van der Waals surface area contributed by atoms with E-state index in [1.54, 1.807) is 0 Å². The molecule has 5 nitrogen and oxygen atoms in total. The van der Waals surface area contributed by atoms with Gasteiger partial charge in [0, 0.05) is 12.5 Å². The Balaban J connectivity index is 3.38. The molecule has 0 saturated heterocycles. The quantitative estimate of drug-likeness (QED) is 0.485. The van der Waals surface area contributed by atoms with Gasteiger partial charge in [0.2, 0.25) is 0 Å². The van der Waals surface area contributed by atoms with E-state index in [2.05, 4.69) is 4.74 Å². The minimum atomic E-state index is -1.55. The Kier molecular flexibility index (Phi) is 5.03. The Morgan fingerprint density at radius 2 is 2.17 bits per heavy atom. The first-order chi connectivity index (χ1) is 5.52. The van der Waals surface area contributed by atoms with E-state index in [4.69, 9.17) is 10.8 Å². The maximum Gasteiger partial charge on any atom is 0.513 e. The molecular weight excluding hydrogens is 162 g/mol. The summed E-state index contributed by atoms with van der Waals surface area (Å²) in [7, 11) is 0. The molecule has 3 N–H and O–H groups in total. The van der Waals surface area contributed by atoms with Gasteiger partial charge in [0.05, 0.1) is 0 Å². The highest BCUT2D eigenvalue weighted by Gasteiger charge is 2.07. The summed E-state index contributed by atoms with van der Waals surface area (Å²) in [6, 6.07) is 0.0302. The van der Waals surface area contributed by atoms with Gasteiger partial charge in [-0.1, -0.05) is 0 Å². The van der Waals surface area contributed by atoms with Crippen LogP contribution in [0.15, 0.2) is 0 Å². The van der Waals surface area contributed by atoms with Crippen molar-refractivity contribution in [1.82, 2.24) is 0 Å². The molecule has 0 aromatic rings. The molecule has 0 aromatic heterocycles. The fraction of sp³-hybridized carbons (Fsp3) is 0.714. The van der Waals surface area contributed by atoms with Crippen LogP contribution >= 0.6 is 0 Å². The Morgan fingerprint density at radius 1 is 1.58 bits per heavy atom. The van der Waals surface area contributed by atoms with Gasteiger partial charge in [-0.3, -0.25) is 4.79 Å². The molecule has 0 aromatic carbocycles. The van der Waals surface area contributed by atoms with E-state index in [1.165, 1.54) is 0 Å². The smallest absolute Gasteiger partial charge is 0.449 e. The summed E-state index contributed by atoms with van der Waals surface area (Å²) in [5.74, 6) is -0.719. The van der Waals surface area contributed by atoms with Gasteiger partial charge in [0.1, 0.15) is 0 Å². The second kappa shape index (κ2) is 5.54. The number of hydrogen-bond donors (Lipinski definition) is 2. The van der Waals surface area contributed by atoms with Crippen molar-refractivity contribution in [2.75, 3.05) is 0 Å². The molecular formula is C7H13NO4. The third-order valence-corrected chi connectivity index (χ3v) is 1.24. The second-order valence-electron chi connectivity index (χ2n) is 2.61. The van der Waals surface area contributed by atoms with Crippen LogP contribution in [-0.4, -0.2) is 23.3 Å². The molecule has 0 saturated carbocycles. The van der Waals surface area contributed by atoms with Gasteiger partial charge in [-0.15, -0.1) is 0 Å². The molecule has 1 unspecified atom stereocenters. The van der Waals surface area contributed by atoms with E-state index in [-0.39, 0.29) is 12.5 Å². The maximum absolute atomic E-state index is 10.6. The van der Waals surface area contributed by atoms with Gasteiger partial charge >= 0.3 is 12.1 Å². The van der Waals surface area contributed by atoms with E-state index in [0.29, 0.717) is 12.8 Å². The first-order valence-corrected chi connectivity index (χ1v) is 3.71. The zero-order valence-electron chi connectivity index (χ0n) is 6.95. The Labute approximate surface area is 70.5 Å².